The van der Waals surface area contributed by atoms with Crippen molar-refractivity contribution in [2.75, 3.05) is 0 Å². The van der Waals surface area contributed by atoms with Gasteiger partial charge in [-0.25, -0.2) is 8.78 Å². The second kappa shape index (κ2) is 3.66. The van der Waals surface area contributed by atoms with Gasteiger partial charge in [0.2, 0.25) is 6.41 Å². The van der Waals surface area contributed by atoms with Crippen LogP contribution in [0.1, 0.15) is 23.2 Å². The summed E-state index contributed by atoms with van der Waals surface area (Å²) in [5.41, 5.74) is -1.16. The molecule has 0 aliphatic heterocycles. The van der Waals surface area contributed by atoms with E-state index in [4.69, 9.17) is 0 Å². The maximum Gasteiger partial charge on any atom is 0.207 e. The van der Waals surface area contributed by atoms with Gasteiger partial charge >= 0.3 is 0 Å². The third-order valence-electron chi connectivity index (χ3n) is 2.70. The number of carbonyl (C=O) groups is 2. The number of hydrogen-bond donors (Lipinski definition) is 1. The molecule has 2 rings (SSSR count). The van der Waals surface area contributed by atoms with Crippen molar-refractivity contribution in [1.82, 2.24) is 5.32 Å². The van der Waals surface area contributed by atoms with Crippen molar-refractivity contribution in [2.45, 2.75) is 18.4 Å². The van der Waals surface area contributed by atoms with Crippen LogP contribution >= 0.6 is 0 Å². The summed E-state index contributed by atoms with van der Waals surface area (Å²) in [6.45, 7) is 0. The molecule has 0 bridgehead atoms. The minimum Gasteiger partial charge on any atom is -0.346 e. The Morgan fingerprint density at radius 1 is 1.38 bits per heavy atom. The molecule has 0 saturated heterocycles. The first-order valence-corrected chi connectivity index (χ1v) is 4.80. The normalized spacial score (nSPS) is 16.6. The molecule has 1 amide bonds. The first-order chi connectivity index (χ1) is 7.59. The summed E-state index contributed by atoms with van der Waals surface area (Å²) in [6.07, 6.45) is 1.40. The molecule has 0 radical (unpaired) electrons. The molecule has 5 heteroatoms. The van der Waals surface area contributed by atoms with Gasteiger partial charge in [0, 0.05) is 6.07 Å². The van der Waals surface area contributed by atoms with Crippen molar-refractivity contribution in [3.63, 3.8) is 0 Å². The summed E-state index contributed by atoms with van der Waals surface area (Å²) < 4.78 is 26.0. The van der Waals surface area contributed by atoms with Gasteiger partial charge in [-0.05, 0) is 25.0 Å². The van der Waals surface area contributed by atoms with E-state index in [2.05, 4.69) is 5.32 Å². The topological polar surface area (TPSA) is 46.2 Å². The van der Waals surface area contributed by atoms with Gasteiger partial charge in [0.25, 0.3) is 0 Å². The summed E-state index contributed by atoms with van der Waals surface area (Å²) >= 11 is 0. The number of rotatable bonds is 4. The number of ketones is 1. The van der Waals surface area contributed by atoms with E-state index in [1.54, 1.807) is 0 Å². The minimum atomic E-state index is -0.972. The molecule has 0 aromatic heterocycles. The Hall–Kier alpha value is -1.78. The first-order valence-electron chi connectivity index (χ1n) is 4.80. The highest BCUT2D eigenvalue weighted by atomic mass is 19.1. The molecule has 3 nitrogen and oxygen atoms in total. The first kappa shape index (κ1) is 10.7. The Morgan fingerprint density at radius 3 is 2.56 bits per heavy atom. The van der Waals surface area contributed by atoms with E-state index in [1.165, 1.54) is 0 Å². The van der Waals surface area contributed by atoms with Gasteiger partial charge in [0.05, 0.1) is 5.56 Å². The van der Waals surface area contributed by atoms with E-state index in [0.29, 0.717) is 25.3 Å². The Labute approximate surface area is 90.5 Å². The second-order valence-electron chi connectivity index (χ2n) is 3.80. The zero-order valence-electron chi connectivity index (χ0n) is 8.30. The Morgan fingerprint density at radius 2 is 2.06 bits per heavy atom. The summed E-state index contributed by atoms with van der Waals surface area (Å²) in [5, 5.41) is 2.38. The average molecular weight is 225 g/mol. The van der Waals surface area contributed by atoms with Crippen molar-refractivity contribution in [1.29, 1.82) is 0 Å². The zero-order valence-corrected chi connectivity index (χ0v) is 8.30. The molecule has 0 heterocycles. The Bertz CT molecular complexity index is 455. The molecule has 1 fully saturated rings. The molecule has 84 valence electrons. The van der Waals surface area contributed by atoms with Crippen molar-refractivity contribution in [3.8, 4) is 0 Å². The highest BCUT2D eigenvalue weighted by Crippen LogP contribution is 2.38. The van der Waals surface area contributed by atoms with E-state index in [9.17, 15) is 18.4 Å². The third kappa shape index (κ3) is 1.68. The van der Waals surface area contributed by atoms with Gasteiger partial charge in [-0.3, -0.25) is 9.59 Å². The van der Waals surface area contributed by atoms with Crippen molar-refractivity contribution in [3.05, 3.63) is 35.4 Å². The van der Waals surface area contributed by atoms with Gasteiger partial charge < -0.3 is 5.32 Å². The van der Waals surface area contributed by atoms with Crippen LogP contribution in [0, 0.1) is 11.6 Å². The lowest BCUT2D eigenvalue weighted by atomic mass is 10.0. The van der Waals surface area contributed by atoms with E-state index in [-0.39, 0.29) is 5.56 Å². The predicted octanol–water partition coefficient (Wildman–Crippen LogP) is 1.43. The van der Waals surface area contributed by atoms with Gasteiger partial charge in [0.15, 0.2) is 5.78 Å². The van der Waals surface area contributed by atoms with Crippen LogP contribution < -0.4 is 5.32 Å². The van der Waals surface area contributed by atoms with Crippen molar-refractivity contribution in [2.24, 2.45) is 0 Å². The van der Waals surface area contributed by atoms with E-state index in [1.807, 2.05) is 0 Å². The van der Waals surface area contributed by atoms with Crippen LogP contribution in [0.15, 0.2) is 18.2 Å². The minimum absolute atomic E-state index is 0.187. The summed E-state index contributed by atoms with van der Waals surface area (Å²) in [5.74, 6) is -2.14. The largest absolute Gasteiger partial charge is 0.346 e. The number of nitrogens with one attached hydrogen (secondary N) is 1. The van der Waals surface area contributed by atoms with Crippen LogP contribution in [0.4, 0.5) is 8.78 Å². The molecule has 1 aromatic rings. The summed E-state index contributed by atoms with van der Waals surface area (Å²) in [4.78, 5) is 22.2. The number of hydrogen-bond acceptors (Lipinski definition) is 2. The van der Waals surface area contributed by atoms with Gasteiger partial charge in [0.1, 0.15) is 17.2 Å². The fourth-order valence-electron chi connectivity index (χ4n) is 1.61. The lowest BCUT2D eigenvalue weighted by molar-refractivity contribution is -0.110. The smallest absolute Gasteiger partial charge is 0.207 e. The molecule has 1 saturated carbocycles. The predicted molar refractivity (Wildman–Crippen MR) is 51.9 cm³/mol. The molecule has 1 aliphatic rings. The molecule has 0 unspecified atom stereocenters. The standard InChI is InChI=1S/C11H9F2NO2/c12-7-1-2-8(9(13)5-7)10(16)11(3-4-11)14-6-15/h1-2,5-6H,3-4H2,(H,14,15). The molecule has 1 N–H and O–H groups in total. The molecular weight excluding hydrogens is 216 g/mol. The maximum absolute atomic E-state index is 13.3. The monoisotopic (exact) mass is 225 g/mol. The quantitative estimate of drug-likeness (QED) is 0.622. The number of amides is 1. The zero-order chi connectivity index (χ0) is 11.8. The number of halogens is 2. The van der Waals surface area contributed by atoms with Gasteiger partial charge in [-0.2, -0.15) is 0 Å². The van der Waals surface area contributed by atoms with Crippen LogP contribution in [-0.2, 0) is 4.79 Å². The number of carbonyl (C=O) groups excluding carboxylic acids is 2. The lowest BCUT2D eigenvalue weighted by Gasteiger charge is -2.12. The van der Waals surface area contributed by atoms with Crippen molar-refractivity contribution >= 4 is 12.2 Å². The lowest BCUT2D eigenvalue weighted by Crippen LogP contribution is -2.38. The summed E-state index contributed by atoms with van der Waals surface area (Å²) in [7, 11) is 0. The molecular formula is C11H9F2NO2. The van der Waals surface area contributed by atoms with E-state index >= 15 is 0 Å². The Balaban J connectivity index is 2.31. The second-order valence-corrected chi connectivity index (χ2v) is 3.80. The van der Waals surface area contributed by atoms with Crippen LogP contribution in [0.3, 0.4) is 0 Å². The fourth-order valence-corrected chi connectivity index (χ4v) is 1.61. The van der Waals surface area contributed by atoms with Gasteiger partial charge in [-0.15, -0.1) is 0 Å². The Kier molecular flexibility index (Phi) is 2.46. The fraction of sp³-hybridized carbons (Fsp3) is 0.273. The molecule has 1 aliphatic carbocycles. The van der Waals surface area contributed by atoms with Gasteiger partial charge in [-0.1, -0.05) is 0 Å². The van der Waals surface area contributed by atoms with Crippen LogP contribution in [-0.4, -0.2) is 17.7 Å². The average Bonchev–Trinajstić information content (AvgIpc) is 2.99. The molecule has 0 atom stereocenters. The van der Waals surface area contributed by atoms with Crippen LogP contribution in [0.2, 0.25) is 0 Å². The molecule has 0 spiro atoms. The third-order valence-corrected chi connectivity index (χ3v) is 2.70. The van der Waals surface area contributed by atoms with Crippen LogP contribution in [0.25, 0.3) is 0 Å². The number of benzene rings is 1. The molecule has 16 heavy (non-hydrogen) atoms. The highest BCUT2D eigenvalue weighted by molar-refractivity contribution is 6.06. The summed E-state index contributed by atoms with van der Waals surface area (Å²) in [6, 6.07) is 2.77. The van der Waals surface area contributed by atoms with Crippen LogP contribution in [0.5, 0.6) is 0 Å². The van der Waals surface area contributed by atoms with E-state index < -0.39 is 23.0 Å². The SMILES string of the molecule is O=CNC1(C(=O)c2ccc(F)cc2F)CC1. The van der Waals surface area contributed by atoms with Crippen molar-refractivity contribution < 1.29 is 18.4 Å². The number of Topliss-reactive ketones (excluding diaryl/α,β-unsaturated/α-hetero) is 1. The maximum atomic E-state index is 13.3. The highest BCUT2D eigenvalue weighted by Gasteiger charge is 2.50. The molecule has 1 aromatic carbocycles. The van der Waals surface area contributed by atoms with E-state index in [0.717, 1.165) is 12.1 Å².